The molecule has 0 fully saturated rings. The molecule has 0 spiro atoms. The normalized spacial score (nSPS) is 11.9. The summed E-state index contributed by atoms with van der Waals surface area (Å²) >= 11 is 0. The number of para-hydroxylation sites is 3. The summed E-state index contributed by atoms with van der Waals surface area (Å²) < 4.78 is 4.87. The van der Waals surface area contributed by atoms with Crippen molar-refractivity contribution in [1.29, 1.82) is 0 Å². The Morgan fingerprint density at radius 2 is 0.732 bits per heavy atom. The zero-order chi connectivity index (χ0) is 36.7. The second-order valence-corrected chi connectivity index (χ2v) is 14.9. The molecular formula is C54H34N2. The number of hydrogen-bond acceptors (Lipinski definition) is 0. The zero-order valence-electron chi connectivity index (χ0n) is 30.5. The summed E-state index contributed by atoms with van der Waals surface area (Å²) in [6.07, 6.45) is 0. The van der Waals surface area contributed by atoms with Gasteiger partial charge in [-0.1, -0.05) is 152 Å². The number of aromatic nitrogens is 2. The summed E-state index contributed by atoms with van der Waals surface area (Å²) in [6, 6.07) is 75.7. The average molecular weight is 711 g/mol. The van der Waals surface area contributed by atoms with Crippen molar-refractivity contribution >= 4 is 43.6 Å². The number of nitrogens with zero attached hydrogens (tertiary/aromatic N) is 2. The van der Waals surface area contributed by atoms with E-state index < -0.39 is 0 Å². The highest BCUT2D eigenvalue weighted by Crippen LogP contribution is 2.48. The lowest BCUT2D eigenvalue weighted by Crippen LogP contribution is -1.96. The van der Waals surface area contributed by atoms with Crippen LogP contribution in [0.3, 0.4) is 0 Å². The fourth-order valence-electron chi connectivity index (χ4n) is 9.29. The first-order chi connectivity index (χ1) is 27.8. The number of benzene rings is 9. The topological polar surface area (TPSA) is 9.86 Å². The molecule has 0 saturated heterocycles. The second-order valence-electron chi connectivity index (χ2n) is 14.9. The highest BCUT2D eigenvalue weighted by molar-refractivity contribution is 6.17. The van der Waals surface area contributed by atoms with Gasteiger partial charge >= 0.3 is 0 Å². The van der Waals surface area contributed by atoms with E-state index in [2.05, 4.69) is 215 Å². The van der Waals surface area contributed by atoms with Crippen LogP contribution in [0, 0.1) is 0 Å². The molecule has 3 heterocycles. The van der Waals surface area contributed by atoms with Crippen LogP contribution in [0.25, 0.3) is 111 Å². The van der Waals surface area contributed by atoms with Crippen molar-refractivity contribution in [2.24, 2.45) is 0 Å². The van der Waals surface area contributed by atoms with Crippen LogP contribution in [0.1, 0.15) is 0 Å². The lowest BCUT2D eigenvalue weighted by Gasteiger charge is -2.15. The van der Waals surface area contributed by atoms with E-state index in [1.165, 1.54) is 111 Å². The van der Waals surface area contributed by atoms with Crippen molar-refractivity contribution in [3.63, 3.8) is 0 Å². The van der Waals surface area contributed by atoms with Crippen molar-refractivity contribution in [3.8, 4) is 67.0 Å². The Bertz CT molecular complexity index is 3330. The fraction of sp³-hybridized carbons (Fsp3) is 0. The maximum atomic E-state index is 2.50. The van der Waals surface area contributed by atoms with Gasteiger partial charge in [-0.05, 0) is 99.1 Å². The van der Waals surface area contributed by atoms with E-state index in [0.29, 0.717) is 0 Å². The first-order valence-corrected chi connectivity index (χ1v) is 19.3. The Hall–Kier alpha value is -7.42. The molecule has 260 valence electrons. The SMILES string of the molecule is c1ccc(-c2ccc3c(c2)-c2ccccc2-c2cccc4c5cc(-c6ccc(-c7ccc8c(c7)c7ccccc7n8-c7ccccc7)cc6)ccc5n-3c24)cc1. The zero-order valence-corrected chi connectivity index (χ0v) is 30.5. The van der Waals surface area contributed by atoms with Crippen molar-refractivity contribution in [3.05, 3.63) is 206 Å². The maximum absolute atomic E-state index is 2.50. The molecule has 0 atom stereocenters. The minimum absolute atomic E-state index is 1.18. The average Bonchev–Trinajstić information content (AvgIpc) is 3.75. The standard InChI is InChI=1S/C54H34N2/c1-3-12-35(13-4-1)38-27-30-52-47(32-38)43-17-8-7-16-42(43)45-19-11-20-46-49-34-40(28-31-53(49)56(52)54(45)46)37-24-22-36(23-25-37)39-26-29-51-48(33-39)44-18-9-10-21-50(44)55(51)41-14-5-2-6-15-41/h1-34H. The monoisotopic (exact) mass is 710 g/mol. The summed E-state index contributed by atoms with van der Waals surface area (Å²) in [5.41, 5.74) is 19.7. The predicted octanol–water partition coefficient (Wildman–Crippen LogP) is 14.5. The van der Waals surface area contributed by atoms with Crippen LogP contribution in [0.2, 0.25) is 0 Å². The fourth-order valence-corrected chi connectivity index (χ4v) is 9.29. The molecule has 0 bridgehead atoms. The smallest absolute Gasteiger partial charge is 0.0619 e. The first kappa shape index (κ1) is 31.0. The minimum atomic E-state index is 1.18. The summed E-state index contributed by atoms with van der Waals surface area (Å²) in [5, 5.41) is 5.07. The summed E-state index contributed by atoms with van der Waals surface area (Å²) in [6.45, 7) is 0. The van der Waals surface area contributed by atoms with Gasteiger partial charge in [0.25, 0.3) is 0 Å². The quantitative estimate of drug-likeness (QED) is 0.172. The van der Waals surface area contributed by atoms with Gasteiger partial charge in [0.15, 0.2) is 0 Å². The summed E-state index contributed by atoms with van der Waals surface area (Å²) in [4.78, 5) is 0. The second kappa shape index (κ2) is 12.0. The number of hydrogen-bond donors (Lipinski definition) is 0. The van der Waals surface area contributed by atoms with Gasteiger partial charge in [-0.3, -0.25) is 0 Å². The number of rotatable bonds is 4. The molecule has 0 saturated carbocycles. The molecule has 2 aromatic heterocycles. The molecule has 11 aromatic rings. The van der Waals surface area contributed by atoms with Gasteiger partial charge in [0.05, 0.1) is 27.8 Å². The Morgan fingerprint density at radius 3 is 1.46 bits per heavy atom. The van der Waals surface area contributed by atoms with Crippen molar-refractivity contribution in [1.82, 2.24) is 9.13 Å². The molecule has 0 aliphatic carbocycles. The lowest BCUT2D eigenvalue weighted by atomic mass is 9.91. The van der Waals surface area contributed by atoms with Crippen LogP contribution in [0.5, 0.6) is 0 Å². The van der Waals surface area contributed by atoms with E-state index in [9.17, 15) is 0 Å². The third kappa shape index (κ3) is 4.57. The lowest BCUT2D eigenvalue weighted by molar-refractivity contribution is 1.18. The Kier molecular flexibility index (Phi) is 6.66. The Balaban J connectivity index is 0.976. The van der Waals surface area contributed by atoms with Crippen LogP contribution in [-0.4, -0.2) is 9.13 Å². The maximum Gasteiger partial charge on any atom is 0.0619 e. The van der Waals surface area contributed by atoms with Crippen LogP contribution >= 0.6 is 0 Å². The van der Waals surface area contributed by atoms with Crippen LogP contribution in [-0.2, 0) is 0 Å². The molecule has 12 rings (SSSR count). The predicted molar refractivity (Wildman–Crippen MR) is 236 cm³/mol. The first-order valence-electron chi connectivity index (χ1n) is 19.3. The van der Waals surface area contributed by atoms with Crippen LogP contribution < -0.4 is 0 Å². The van der Waals surface area contributed by atoms with Gasteiger partial charge in [0, 0.05) is 38.4 Å². The van der Waals surface area contributed by atoms with Gasteiger partial charge in [-0.2, -0.15) is 0 Å². The highest BCUT2D eigenvalue weighted by atomic mass is 15.0. The van der Waals surface area contributed by atoms with Gasteiger partial charge in [-0.15, -0.1) is 0 Å². The minimum Gasteiger partial charge on any atom is -0.309 e. The molecule has 2 nitrogen and oxygen atoms in total. The van der Waals surface area contributed by atoms with Crippen LogP contribution in [0.4, 0.5) is 0 Å². The van der Waals surface area contributed by atoms with E-state index in [4.69, 9.17) is 0 Å². The Morgan fingerprint density at radius 1 is 0.250 bits per heavy atom. The molecule has 1 aliphatic heterocycles. The molecule has 1 aliphatic rings. The van der Waals surface area contributed by atoms with E-state index in [1.807, 2.05) is 0 Å². The summed E-state index contributed by atoms with van der Waals surface area (Å²) in [5.74, 6) is 0. The van der Waals surface area contributed by atoms with Crippen molar-refractivity contribution < 1.29 is 0 Å². The molecule has 0 radical (unpaired) electrons. The van der Waals surface area contributed by atoms with Gasteiger partial charge in [0.2, 0.25) is 0 Å². The molecule has 2 heteroatoms. The molecule has 56 heavy (non-hydrogen) atoms. The van der Waals surface area contributed by atoms with E-state index in [-0.39, 0.29) is 0 Å². The third-order valence-corrected chi connectivity index (χ3v) is 11.9. The van der Waals surface area contributed by atoms with E-state index >= 15 is 0 Å². The number of fused-ring (bicyclic) bond motifs is 11. The molecule has 0 N–H and O–H groups in total. The van der Waals surface area contributed by atoms with Gasteiger partial charge < -0.3 is 9.13 Å². The van der Waals surface area contributed by atoms with Gasteiger partial charge in [0.1, 0.15) is 0 Å². The largest absolute Gasteiger partial charge is 0.309 e. The third-order valence-electron chi connectivity index (χ3n) is 11.9. The van der Waals surface area contributed by atoms with E-state index in [1.54, 1.807) is 0 Å². The highest BCUT2D eigenvalue weighted by Gasteiger charge is 2.25. The van der Waals surface area contributed by atoms with E-state index in [0.717, 1.165) is 0 Å². The van der Waals surface area contributed by atoms with Crippen LogP contribution in [0.15, 0.2) is 206 Å². The molecule has 9 aromatic carbocycles. The summed E-state index contributed by atoms with van der Waals surface area (Å²) in [7, 11) is 0. The Labute approximate surface area is 324 Å². The van der Waals surface area contributed by atoms with Gasteiger partial charge in [-0.25, -0.2) is 0 Å². The van der Waals surface area contributed by atoms with Crippen molar-refractivity contribution in [2.45, 2.75) is 0 Å². The molecule has 0 amide bonds. The molecule has 0 unspecified atom stereocenters. The van der Waals surface area contributed by atoms with Crippen molar-refractivity contribution in [2.75, 3.05) is 0 Å². The molecular weight excluding hydrogens is 677 g/mol.